The van der Waals surface area contributed by atoms with Gasteiger partial charge in [0.05, 0.1) is 23.4 Å². The molecule has 1 aromatic carbocycles. The smallest absolute Gasteiger partial charge is 0.337 e. The number of carbonyl (C=O) groups is 2. The number of nitrogens with one attached hydrogen (secondary N) is 1. The maximum absolute atomic E-state index is 12.5. The Hall–Kier alpha value is -2.67. The van der Waals surface area contributed by atoms with Crippen LogP contribution in [0.15, 0.2) is 30.3 Å². The Bertz CT molecular complexity index is 818. The summed E-state index contributed by atoms with van der Waals surface area (Å²) in [6.07, 6.45) is 4.74. The Labute approximate surface area is 162 Å². The summed E-state index contributed by atoms with van der Waals surface area (Å²) in [5, 5.41) is 11.2. The maximum atomic E-state index is 12.5. The van der Waals surface area contributed by atoms with Gasteiger partial charge >= 0.3 is 5.97 Å². The number of esters is 1. The Morgan fingerprint density at radius 1 is 1.07 bits per heavy atom. The molecule has 27 heavy (non-hydrogen) atoms. The summed E-state index contributed by atoms with van der Waals surface area (Å²) in [5.74, 6) is -0.184. The highest BCUT2D eigenvalue weighted by atomic mass is 35.5. The molecule has 0 bridgehead atoms. The predicted molar refractivity (Wildman–Crippen MR) is 103 cm³/mol. The lowest BCUT2D eigenvalue weighted by Crippen LogP contribution is -2.25. The zero-order valence-electron chi connectivity index (χ0n) is 15.1. The van der Waals surface area contributed by atoms with Crippen LogP contribution in [0.1, 0.15) is 46.5 Å². The lowest BCUT2D eigenvalue weighted by atomic mass is 10.2. The molecule has 7 nitrogen and oxygen atoms in total. The van der Waals surface area contributed by atoms with Gasteiger partial charge in [-0.3, -0.25) is 4.79 Å². The summed E-state index contributed by atoms with van der Waals surface area (Å²) in [5.41, 5.74) is 0.774. The van der Waals surface area contributed by atoms with E-state index in [2.05, 4.69) is 25.2 Å². The number of anilines is 2. The number of amides is 1. The first-order chi connectivity index (χ1) is 13.1. The summed E-state index contributed by atoms with van der Waals surface area (Å²) in [4.78, 5) is 26.3. The summed E-state index contributed by atoms with van der Waals surface area (Å²) in [6.45, 7) is 1.91. The van der Waals surface area contributed by atoms with E-state index < -0.39 is 11.9 Å². The number of ether oxygens (including phenoxy) is 1. The summed E-state index contributed by atoms with van der Waals surface area (Å²) >= 11 is 6.11. The molecule has 0 atom stereocenters. The second-order valence-corrected chi connectivity index (χ2v) is 6.73. The van der Waals surface area contributed by atoms with Crippen LogP contribution in [-0.2, 0) is 4.74 Å². The number of aromatic nitrogens is 2. The first-order valence-corrected chi connectivity index (χ1v) is 9.24. The number of carbonyl (C=O) groups excluding carboxylic acids is 2. The number of nitrogens with zero attached hydrogens (tertiary/aromatic N) is 3. The van der Waals surface area contributed by atoms with Crippen LogP contribution in [0.3, 0.4) is 0 Å². The molecule has 8 heteroatoms. The van der Waals surface area contributed by atoms with Crippen molar-refractivity contribution in [1.29, 1.82) is 0 Å². The monoisotopic (exact) mass is 388 g/mol. The topological polar surface area (TPSA) is 84.4 Å². The van der Waals surface area contributed by atoms with Crippen LogP contribution >= 0.6 is 11.6 Å². The second-order valence-electron chi connectivity index (χ2n) is 6.32. The van der Waals surface area contributed by atoms with Crippen LogP contribution in [0.4, 0.5) is 11.5 Å². The van der Waals surface area contributed by atoms with Crippen molar-refractivity contribution < 1.29 is 14.3 Å². The highest BCUT2D eigenvalue weighted by molar-refractivity contribution is 6.34. The summed E-state index contributed by atoms with van der Waals surface area (Å²) in [7, 11) is 1.29. The molecule has 2 aromatic rings. The van der Waals surface area contributed by atoms with E-state index in [0.29, 0.717) is 16.3 Å². The van der Waals surface area contributed by atoms with E-state index in [-0.39, 0.29) is 5.69 Å². The molecule has 1 aliphatic heterocycles. The van der Waals surface area contributed by atoms with E-state index in [1.165, 1.54) is 38.2 Å². The maximum Gasteiger partial charge on any atom is 0.337 e. The number of rotatable bonds is 4. The summed E-state index contributed by atoms with van der Waals surface area (Å²) in [6, 6.07) is 7.96. The molecule has 1 N–H and O–H groups in total. The van der Waals surface area contributed by atoms with Crippen molar-refractivity contribution in [3.8, 4) is 0 Å². The minimum Gasteiger partial charge on any atom is -0.465 e. The number of benzene rings is 1. The molecule has 1 amide bonds. The third-order valence-electron chi connectivity index (χ3n) is 4.45. The number of methoxy groups -OCH3 is 1. The first kappa shape index (κ1) is 19.1. The molecule has 3 rings (SSSR count). The number of hydrogen-bond donors (Lipinski definition) is 1. The molecule has 1 fully saturated rings. The highest BCUT2D eigenvalue weighted by Crippen LogP contribution is 2.24. The van der Waals surface area contributed by atoms with Crippen molar-refractivity contribution >= 4 is 35.0 Å². The third-order valence-corrected chi connectivity index (χ3v) is 4.78. The van der Waals surface area contributed by atoms with Gasteiger partial charge < -0.3 is 15.0 Å². The minimum atomic E-state index is -0.510. The Kier molecular flexibility index (Phi) is 6.24. The molecule has 0 aliphatic carbocycles. The molecule has 142 valence electrons. The third kappa shape index (κ3) is 4.74. The second kappa shape index (κ2) is 8.81. The van der Waals surface area contributed by atoms with E-state index in [4.69, 9.17) is 11.6 Å². The zero-order chi connectivity index (χ0) is 19.2. The van der Waals surface area contributed by atoms with E-state index >= 15 is 0 Å². The van der Waals surface area contributed by atoms with Crippen LogP contribution in [0.25, 0.3) is 0 Å². The quantitative estimate of drug-likeness (QED) is 0.806. The Morgan fingerprint density at radius 2 is 1.81 bits per heavy atom. The van der Waals surface area contributed by atoms with Gasteiger partial charge in [0.15, 0.2) is 11.5 Å². The van der Waals surface area contributed by atoms with Gasteiger partial charge in [0, 0.05) is 13.1 Å². The fraction of sp³-hybridized carbons (Fsp3) is 0.368. The van der Waals surface area contributed by atoms with Crippen LogP contribution in [0.5, 0.6) is 0 Å². The molecule has 0 unspecified atom stereocenters. The highest BCUT2D eigenvalue weighted by Gasteiger charge is 2.16. The zero-order valence-corrected chi connectivity index (χ0v) is 15.8. The molecule has 0 spiro atoms. The fourth-order valence-corrected chi connectivity index (χ4v) is 3.13. The summed E-state index contributed by atoms with van der Waals surface area (Å²) < 4.78 is 4.68. The first-order valence-electron chi connectivity index (χ1n) is 8.86. The molecule has 1 aromatic heterocycles. The van der Waals surface area contributed by atoms with Crippen molar-refractivity contribution in [2.45, 2.75) is 25.7 Å². The molecule has 2 heterocycles. The van der Waals surface area contributed by atoms with Crippen LogP contribution < -0.4 is 10.2 Å². The van der Waals surface area contributed by atoms with E-state index in [9.17, 15) is 9.59 Å². The van der Waals surface area contributed by atoms with Gasteiger partial charge in [-0.15, -0.1) is 10.2 Å². The van der Waals surface area contributed by atoms with Crippen LogP contribution in [-0.4, -0.2) is 42.3 Å². The largest absolute Gasteiger partial charge is 0.465 e. The SMILES string of the molecule is COC(=O)c1ccc(Cl)c(NC(=O)c2ccc(N3CCCCCC3)nn2)c1. The van der Waals surface area contributed by atoms with E-state index in [1.807, 2.05) is 0 Å². The molecular weight excluding hydrogens is 368 g/mol. The Balaban J connectivity index is 1.72. The number of halogens is 1. The van der Waals surface area contributed by atoms with Crippen LogP contribution in [0.2, 0.25) is 5.02 Å². The van der Waals surface area contributed by atoms with Crippen molar-refractivity contribution in [3.63, 3.8) is 0 Å². The van der Waals surface area contributed by atoms with Crippen molar-refractivity contribution in [1.82, 2.24) is 10.2 Å². The molecular formula is C19H21ClN4O3. The van der Waals surface area contributed by atoms with Crippen LogP contribution in [0, 0.1) is 0 Å². The molecule has 1 saturated heterocycles. The molecule has 1 aliphatic rings. The molecule has 0 saturated carbocycles. The normalized spacial score (nSPS) is 14.4. The van der Waals surface area contributed by atoms with Crippen molar-refractivity contribution in [2.24, 2.45) is 0 Å². The van der Waals surface area contributed by atoms with E-state index in [0.717, 1.165) is 31.7 Å². The van der Waals surface area contributed by atoms with Gasteiger partial charge in [-0.1, -0.05) is 24.4 Å². The van der Waals surface area contributed by atoms with Gasteiger partial charge in [0.25, 0.3) is 5.91 Å². The standard InChI is InChI=1S/C19H21ClN4O3/c1-27-19(26)13-6-7-14(20)16(12-13)21-18(25)15-8-9-17(23-22-15)24-10-4-2-3-5-11-24/h6-9,12H,2-5,10-11H2,1H3,(H,21,25). The van der Waals surface area contributed by atoms with Gasteiger partial charge in [-0.25, -0.2) is 4.79 Å². The predicted octanol–water partition coefficient (Wildman–Crippen LogP) is 3.55. The average molecular weight is 389 g/mol. The lowest BCUT2D eigenvalue weighted by Gasteiger charge is -2.20. The number of hydrogen-bond acceptors (Lipinski definition) is 6. The van der Waals surface area contributed by atoms with Crippen molar-refractivity contribution in [3.05, 3.63) is 46.6 Å². The lowest BCUT2D eigenvalue weighted by molar-refractivity contribution is 0.0600. The average Bonchev–Trinajstić information content (AvgIpc) is 2.98. The van der Waals surface area contributed by atoms with Gasteiger partial charge in [-0.2, -0.15) is 0 Å². The van der Waals surface area contributed by atoms with Gasteiger partial charge in [0.2, 0.25) is 0 Å². The van der Waals surface area contributed by atoms with Crippen molar-refractivity contribution in [2.75, 3.05) is 30.4 Å². The van der Waals surface area contributed by atoms with E-state index in [1.54, 1.807) is 12.1 Å². The Morgan fingerprint density at radius 3 is 2.44 bits per heavy atom. The molecule has 0 radical (unpaired) electrons. The minimum absolute atomic E-state index is 0.174. The fourth-order valence-electron chi connectivity index (χ4n) is 2.97. The van der Waals surface area contributed by atoms with Gasteiger partial charge in [-0.05, 0) is 43.2 Å². The van der Waals surface area contributed by atoms with Gasteiger partial charge in [0.1, 0.15) is 0 Å².